The summed E-state index contributed by atoms with van der Waals surface area (Å²) >= 11 is 0. The lowest BCUT2D eigenvalue weighted by Crippen LogP contribution is -2.80. The van der Waals surface area contributed by atoms with E-state index < -0.39 is 11.5 Å². The highest BCUT2D eigenvalue weighted by Crippen LogP contribution is 2.58. The summed E-state index contributed by atoms with van der Waals surface area (Å²) in [5, 5.41) is 11.4. The number of hydrogen-bond acceptors (Lipinski definition) is 4. The van der Waals surface area contributed by atoms with Crippen molar-refractivity contribution in [1.29, 1.82) is 0 Å². The summed E-state index contributed by atoms with van der Waals surface area (Å²) in [5.74, 6) is -0.848. The van der Waals surface area contributed by atoms with Gasteiger partial charge in [-0.25, -0.2) is 0 Å². The molecule has 1 saturated carbocycles. The Morgan fingerprint density at radius 2 is 2.10 bits per heavy atom. The minimum absolute atomic E-state index is 0.0743. The van der Waals surface area contributed by atoms with Gasteiger partial charge in [0, 0.05) is 30.9 Å². The van der Waals surface area contributed by atoms with Crippen LogP contribution in [0.5, 0.6) is 0 Å². The topological polar surface area (TPSA) is 102 Å². The highest BCUT2D eigenvalue weighted by atomic mass is 16.5. The molecule has 6 heteroatoms. The van der Waals surface area contributed by atoms with Crippen LogP contribution in [0.1, 0.15) is 39.5 Å². The number of unbranched alkanes of at least 4 members (excludes halogenated alkanes) is 1. The van der Waals surface area contributed by atoms with Gasteiger partial charge in [-0.15, -0.1) is 0 Å². The number of amides is 1. The maximum atomic E-state index is 12.4. The van der Waals surface area contributed by atoms with Gasteiger partial charge in [-0.05, 0) is 19.3 Å². The molecule has 1 heterocycles. The number of carbonyl (C=O) groups excluding carboxylic acids is 1. The largest absolute Gasteiger partial charge is 0.481 e. The van der Waals surface area contributed by atoms with Crippen LogP contribution in [-0.4, -0.2) is 41.8 Å². The zero-order chi connectivity index (χ0) is 15.0. The number of carbonyl (C=O) groups is 2. The van der Waals surface area contributed by atoms with Gasteiger partial charge in [-0.1, -0.05) is 13.8 Å². The second-order valence-corrected chi connectivity index (χ2v) is 6.38. The van der Waals surface area contributed by atoms with E-state index in [1.165, 1.54) is 0 Å². The van der Waals surface area contributed by atoms with E-state index in [-0.39, 0.29) is 29.8 Å². The third kappa shape index (κ3) is 2.20. The van der Waals surface area contributed by atoms with Crippen LogP contribution in [0.2, 0.25) is 0 Å². The highest BCUT2D eigenvalue weighted by Gasteiger charge is 2.71. The Kier molecular flexibility index (Phi) is 4.07. The fourth-order valence-corrected chi connectivity index (χ4v) is 3.59. The van der Waals surface area contributed by atoms with Crippen molar-refractivity contribution < 1.29 is 19.4 Å². The fourth-order valence-electron chi connectivity index (χ4n) is 3.59. The summed E-state index contributed by atoms with van der Waals surface area (Å²) in [6.07, 6.45) is 2.25. The SMILES string of the molecule is CC1(C)C2OCCC2C1(N)C(=O)NCCCCC(=O)O. The Morgan fingerprint density at radius 1 is 1.40 bits per heavy atom. The molecule has 1 aliphatic heterocycles. The van der Waals surface area contributed by atoms with Crippen molar-refractivity contribution >= 4 is 11.9 Å². The number of aliphatic carboxylic acids is 1. The third-order valence-electron chi connectivity index (χ3n) is 4.93. The molecule has 3 atom stereocenters. The Bertz CT molecular complexity index is 410. The number of carboxylic acid groups (broad SMARTS) is 1. The van der Waals surface area contributed by atoms with Crippen molar-refractivity contribution in [3.63, 3.8) is 0 Å². The number of fused-ring (bicyclic) bond motifs is 1. The van der Waals surface area contributed by atoms with Gasteiger partial charge in [0.05, 0.1) is 6.10 Å². The van der Waals surface area contributed by atoms with Crippen LogP contribution in [-0.2, 0) is 14.3 Å². The molecule has 6 nitrogen and oxygen atoms in total. The van der Waals surface area contributed by atoms with E-state index >= 15 is 0 Å². The summed E-state index contributed by atoms with van der Waals surface area (Å²) in [6, 6.07) is 0. The molecule has 2 aliphatic rings. The average Bonchev–Trinajstić information content (AvgIpc) is 2.84. The molecule has 0 aromatic rings. The molecule has 0 radical (unpaired) electrons. The number of nitrogens with two attached hydrogens (primary N) is 1. The summed E-state index contributed by atoms with van der Waals surface area (Å²) in [4.78, 5) is 22.8. The molecule has 0 aromatic carbocycles. The molecule has 3 unspecified atom stereocenters. The molecule has 0 bridgehead atoms. The zero-order valence-electron chi connectivity index (χ0n) is 12.1. The Balaban J connectivity index is 1.84. The minimum atomic E-state index is -0.874. The predicted molar refractivity (Wildman–Crippen MR) is 73.0 cm³/mol. The zero-order valence-corrected chi connectivity index (χ0v) is 12.1. The Labute approximate surface area is 119 Å². The Hall–Kier alpha value is -1.14. The molecule has 1 aliphatic carbocycles. The van der Waals surface area contributed by atoms with Crippen LogP contribution < -0.4 is 11.1 Å². The van der Waals surface area contributed by atoms with Crippen LogP contribution in [0.25, 0.3) is 0 Å². The van der Waals surface area contributed by atoms with Gasteiger partial charge in [0.15, 0.2) is 0 Å². The highest BCUT2D eigenvalue weighted by molar-refractivity contribution is 5.89. The van der Waals surface area contributed by atoms with Gasteiger partial charge in [0.2, 0.25) is 5.91 Å². The van der Waals surface area contributed by atoms with Crippen LogP contribution in [0, 0.1) is 11.3 Å². The lowest BCUT2D eigenvalue weighted by molar-refractivity contribution is -0.175. The van der Waals surface area contributed by atoms with Crippen molar-refractivity contribution in [3.05, 3.63) is 0 Å². The molecule has 1 amide bonds. The first-order chi connectivity index (χ1) is 9.31. The summed E-state index contributed by atoms with van der Waals surface area (Å²) in [5.41, 5.74) is 5.15. The fraction of sp³-hybridized carbons (Fsp3) is 0.857. The molecule has 4 N–H and O–H groups in total. The molecular weight excluding hydrogens is 260 g/mol. The summed E-state index contributed by atoms with van der Waals surface area (Å²) in [7, 11) is 0. The molecule has 2 rings (SSSR count). The number of ether oxygens (including phenoxy) is 1. The number of hydrogen-bond donors (Lipinski definition) is 3. The van der Waals surface area contributed by atoms with E-state index in [9.17, 15) is 9.59 Å². The van der Waals surface area contributed by atoms with Gasteiger partial charge in [-0.2, -0.15) is 0 Å². The Morgan fingerprint density at radius 3 is 2.75 bits per heavy atom. The number of rotatable bonds is 6. The number of carboxylic acids is 1. The van der Waals surface area contributed by atoms with E-state index in [0.29, 0.717) is 26.0 Å². The maximum Gasteiger partial charge on any atom is 0.303 e. The van der Waals surface area contributed by atoms with Gasteiger partial charge in [0.1, 0.15) is 5.54 Å². The molecule has 1 saturated heterocycles. The normalized spacial score (nSPS) is 34.1. The molecule has 0 aromatic heterocycles. The van der Waals surface area contributed by atoms with Crippen LogP contribution in [0.4, 0.5) is 0 Å². The standard InChI is InChI=1S/C14H24N2O4/c1-13(2)11-9(6-8-20-11)14(13,15)12(19)16-7-4-3-5-10(17)18/h9,11H,3-8,15H2,1-2H3,(H,16,19)(H,17,18). The average molecular weight is 284 g/mol. The smallest absolute Gasteiger partial charge is 0.303 e. The van der Waals surface area contributed by atoms with Crippen molar-refractivity contribution in [2.24, 2.45) is 17.1 Å². The lowest BCUT2D eigenvalue weighted by atomic mass is 9.48. The maximum absolute atomic E-state index is 12.4. The van der Waals surface area contributed by atoms with Crippen LogP contribution in [0.15, 0.2) is 0 Å². The lowest BCUT2D eigenvalue weighted by Gasteiger charge is -2.60. The van der Waals surface area contributed by atoms with Crippen molar-refractivity contribution in [3.8, 4) is 0 Å². The minimum Gasteiger partial charge on any atom is -0.481 e. The molecule has 20 heavy (non-hydrogen) atoms. The summed E-state index contributed by atoms with van der Waals surface area (Å²) < 4.78 is 5.66. The quantitative estimate of drug-likeness (QED) is 0.616. The van der Waals surface area contributed by atoms with Gasteiger partial charge < -0.3 is 20.9 Å². The first-order valence-electron chi connectivity index (χ1n) is 7.22. The monoisotopic (exact) mass is 284 g/mol. The first kappa shape index (κ1) is 15.3. The van der Waals surface area contributed by atoms with Gasteiger partial charge in [-0.3, -0.25) is 9.59 Å². The summed E-state index contributed by atoms with van der Waals surface area (Å²) in [6.45, 7) is 5.09. The van der Waals surface area contributed by atoms with E-state index in [1.807, 2.05) is 13.8 Å². The molecule has 0 spiro atoms. The van der Waals surface area contributed by atoms with Crippen molar-refractivity contribution in [2.45, 2.75) is 51.2 Å². The molecular formula is C14H24N2O4. The van der Waals surface area contributed by atoms with Crippen molar-refractivity contribution in [1.82, 2.24) is 5.32 Å². The second kappa shape index (κ2) is 5.33. The number of nitrogens with one attached hydrogen (secondary N) is 1. The molecule has 114 valence electrons. The van der Waals surface area contributed by atoms with Crippen molar-refractivity contribution in [2.75, 3.05) is 13.2 Å². The van der Waals surface area contributed by atoms with E-state index in [1.54, 1.807) is 0 Å². The van der Waals surface area contributed by atoms with E-state index in [0.717, 1.165) is 6.42 Å². The predicted octanol–water partition coefficient (Wildman–Crippen LogP) is 0.500. The van der Waals surface area contributed by atoms with Crippen LogP contribution >= 0.6 is 0 Å². The van der Waals surface area contributed by atoms with Gasteiger partial charge >= 0.3 is 5.97 Å². The van der Waals surface area contributed by atoms with Gasteiger partial charge in [0.25, 0.3) is 0 Å². The molecule has 2 fully saturated rings. The van der Waals surface area contributed by atoms with E-state index in [2.05, 4.69) is 5.32 Å². The van der Waals surface area contributed by atoms with Crippen LogP contribution in [0.3, 0.4) is 0 Å². The van der Waals surface area contributed by atoms with E-state index in [4.69, 9.17) is 15.6 Å². The third-order valence-corrected chi connectivity index (χ3v) is 4.93. The first-order valence-corrected chi connectivity index (χ1v) is 7.22. The second-order valence-electron chi connectivity index (χ2n) is 6.38.